The average molecular weight is 406 g/mol. The van der Waals surface area contributed by atoms with Crippen LogP contribution in [0.3, 0.4) is 0 Å². The second-order valence-corrected chi connectivity index (χ2v) is 7.40. The van der Waals surface area contributed by atoms with E-state index >= 15 is 0 Å². The van der Waals surface area contributed by atoms with Crippen molar-refractivity contribution in [3.8, 4) is 22.3 Å². The van der Waals surface area contributed by atoms with Crippen molar-refractivity contribution in [2.75, 3.05) is 11.5 Å². The summed E-state index contributed by atoms with van der Waals surface area (Å²) in [5, 5.41) is 0.0913. The highest BCUT2D eigenvalue weighted by Crippen LogP contribution is 2.31. The third kappa shape index (κ3) is 3.81. The van der Waals surface area contributed by atoms with Crippen molar-refractivity contribution in [2.45, 2.75) is 10.1 Å². The van der Waals surface area contributed by atoms with Crippen LogP contribution in [0.1, 0.15) is 0 Å². The van der Waals surface area contributed by atoms with Crippen LogP contribution in [0.4, 0.5) is 16.2 Å². The minimum atomic E-state index is -1.68. The smallest absolute Gasteiger partial charge is 0.225 e. The molecular weight excluding hydrogens is 391 g/mol. The number of halogens is 1. The number of hydrogen-bond acceptors (Lipinski definition) is 7. The van der Waals surface area contributed by atoms with Gasteiger partial charge in [-0.1, -0.05) is 30.3 Å². The minimum absolute atomic E-state index is 0.0913. The Kier molecular flexibility index (Phi) is 4.96. The molecule has 0 radical (unpaired) electrons. The minimum Gasteiger partial charge on any atom is -0.384 e. The zero-order chi connectivity index (χ0) is 20.4. The molecule has 4 rings (SSSR count). The molecule has 2 heterocycles. The van der Waals surface area contributed by atoms with E-state index in [-0.39, 0.29) is 16.9 Å². The lowest BCUT2D eigenvalue weighted by atomic mass is 10.0. The maximum absolute atomic E-state index is 14.8. The Morgan fingerprint density at radius 3 is 2.34 bits per heavy atom. The first kappa shape index (κ1) is 18.6. The van der Waals surface area contributed by atoms with Gasteiger partial charge >= 0.3 is 0 Å². The molecule has 2 aromatic carbocycles. The van der Waals surface area contributed by atoms with E-state index in [0.717, 1.165) is 0 Å². The van der Waals surface area contributed by atoms with Crippen LogP contribution in [0.2, 0.25) is 0 Å². The van der Waals surface area contributed by atoms with Crippen LogP contribution in [-0.4, -0.2) is 24.1 Å². The van der Waals surface area contributed by atoms with Gasteiger partial charge in [-0.15, -0.1) is 0 Å². The Labute approximate surface area is 168 Å². The fourth-order valence-corrected chi connectivity index (χ4v) is 3.93. The predicted octanol–water partition coefficient (Wildman–Crippen LogP) is 3.07. The van der Waals surface area contributed by atoms with E-state index in [1.54, 1.807) is 36.4 Å². The van der Waals surface area contributed by atoms with E-state index in [4.69, 9.17) is 11.5 Å². The largest absolute Gasteiger partial charge is 0.384 e. The Morgan fingerprint density at radius 2 is 1.62 bits per heavy atom. The summed E-state index contributed by atoms with van der Waals surface area (Å²) in [7, 11) is -1.68. The lowest BCUT2D eigenvalue weighted by molar-refractivity contribution is 0.631. The first-order chi connectivity index (χ1) is 14.0. The number of nitrogen functional groups attached to an aromatic ring is 2. The molecule has 1 unspecified atom stereocenters. The van der Waals surface area contributed by atoms with Gasteiger partial charge in [-0.05, 0) is 29.3 Å². The zero-order valence-electron chi connectivity index (χ0n) is 15.0. The van der Waals surface area contributed by atoms with Gasteiger partial charge in [0.25, 0.3) is 0 Å². The van der Waals surface area contributed by atoms with Crippen LogP contribution in [0.5, 0.6) is 0 Å². The summed E-state index contributed by atoms with van der Waals surface area (Å²) < 4.78 is 27.8. The van der Waals surface area contributed by atoms with Crippen LogP contribution >= 0.6 is 0 Å². The highest BCUT2D eigenvalue weighted by Gasteiger charge is 2.17. The quantitative estimate of drug-likeness (QED) is 0.500. The molecule has 29 heavy (non-hydrogen) atoms. The van der Waals surface area contributed by atoms with Gasteiger partial charge in [0.15, 0.2) is 0 Å². The number of hydrogen-bond donors (Lipinski definition) is 2. The average Bonchev–Trinajstić information content (AvgIpc) is 2.74. The number of benzene rings is 2. The first-order valence-electron chi connectivity index (χ1n) is 8.50. The van der Waals surface area contributed by atoms with E-state index in [1.807, 2.05) is 0 Å². The number of rotatable bonds is 4. The molecule has 4 N–H and O–H groups in total. The molecule has 0 bridgehead atoms. The van der Waals surface area contributed by atoms with Gasteiger partial charge in [0, 0.05) is 29.7 Å². The normalized spacial score (nSPS) is 11.9. The fraction of sp³-hybridized carbons (Fsp3) is 0. The van der Waals surface area contributed by atoms with Gasteiger partial charge in [0.1, 0.15) is 22.4 Å². The van der Waals surface area contributed by atoms with Crippen molar-refractivity contribution in [3.63, 3.8) is 0 Å². The molecule has 0 aliphatic heterocycles. The molecule has 0 saturated carbocycles. The van der Waals surface area contributed by atoms with E-state index in [2.05, 4.69) is 19.9 Å². The summed E-state index contributed by atoms with van der Waals surface area (Å²) >= 11 is 0. The predicted molar refractivity (Wildman–Crippen MR) is 108 cm³/mol. The molecule has 144 valence electrons. The molecular formula is C20H15FN6OS. The fourth-order valence-electron chi connectivity index (χ4n) is 2.80. The van der Waals surface area contributed by atoms with Crippen molar-refractivity contribution < 1.29 is 8.60 Å². The molecule has 0 spiro atoms. The molecule has 0 fully saturated rings. The van der Waals surface area contributed by atoms with Crippen LogP contribution in [0.15, 0.2) is 77.2 Å². The Balaban J connectivity index is 1.75. The van der Waals surface area contributed by atoms with E-state index in [1.165, 1.54) is 30.7 Å². The van der Waals surface area contributed by atoms with Crippen molar-refractivity contribution >= 4 is 22.6 Å². The van der Waals surface area contributed by atoms with Gasteiger partial charge < -0.3 is 11.5 Å². The molecule has 0 amide bonds. The molecule has 1 atom stereocenters. The molecule has 4 aromatic rings. The summed E-state index contributed by atoms with van der Waals surface area (Å²) in [5.74, 6) is -0.121. The van der Waals surface area contributed by atoms with Crippen LogP contribution in [0.25, 0.3) is 22.3 Å². The van der Waals surface area contributed by atoms with Gasteiger partial charge in [0.2, 0.25) is 11.1 Å². The second kappa shape index (κ2) is 7.72. The van der Waals surface area contributed by atoms with Gasteiger partial charge in [-0.25, -0.2) is 28.5 Å². The zero-order valence-corrected chi connectivity index (χ0v) is 15.8. The molecule has 7 nitrogen and oxygen atoms in total. The first-order valence-corrected chi connectivity index (χ1v) is 9.65. The Bertz CT molecular complexity index is 1220. The molecule has 0 aliphatic carbocycles. The Morgan fingerprint density at radius 1 is 0.862 bits per heavy atom. The topological polar surface area (TPSA) is 121 Å². The van der Waals surface area contributed by atoms with Crippen LogP contribution in [-0.2, 0) is 10.8 Å². The molecule has 2 aromatic heterocycles. The van der Waals surface area contributed by atoms with Crippen molar-refractivity contribution in [1.82, 2.24) is 19.9 Å². The third-order valence-corrected chi connectivity index (χ3v) is 5.45. The van der Waals surface area contributed by atoms with Crippen molar-refractivity contribution in [3.05, 3.63) is 72.9 Å². The standard InChI is InChI=1S/C20H15FN6OS/c21-16-9-12(5-6-14(16)13-10-25-19(23)26-11-13)15-3-1-2-4-17(15)29(28)20-24-8-7-18(22)27-20/h1-11H,(H2,22,24,27)(H2,23,25,26). The van der Waals surface area contributed by atoms with Crippen molar-refractivity contribution in [2.24, 2.45) is 0 Å². The third-order valence-electron chi connectivity index (χ3n) is 4.17. The number of nitrogens with zero attached hydrogens (tertiary/aromatic N) is 4. The summed E-state index contributed by atoms with van der Waals surface area (Å²) in [6.45, 7) is 0. The van der Waals surface area contributed by atoms with E-state index in [0.29, 0.717) is 27.1 Å². The molecule has 0 aliphatic rings. The van der Waals surface area contributed by atoms with Crippen molar-refractivity contribution in [1.29, 1.82) is 0 Å². The molecule has 0 saturated heterocycles. The summed E-state index contributed by atoms with van der Waals surface area (Å²) in [6, 6.07) is 13.2. The lowest BCUT2D eigenvalue weighted by Gasteiger charge is -2.11. The highest BCUT2D eigenvalue weighted by atomic mass is 32.2. The monoisotopic (exact) mass is 406 g/mol. The van der Waals surface area contributed by atoms with E-state index < -0.39 is 16.6 Å². The van der Waals surface area contributed by atoms with Gasteiger partial charge in [-0.3, -0.25) is 0 Å². The highest BCUT2D eigenvalue weighted by molar-refractivity contribution is 7.85. The summed E-state index contributed by atoms with van der Waals surface area (Å²) in [5.41, 5.74) is 13.2. The maximum atomic E-state index is 14.8. The van der Waals surface area contributed by atoms with Crippen LogP contribution < -0.4 is 11.5 Å². The SMILES string of the molecule is Nc1ccnc(S(=O)c2ccccc2-c2ccc(-c3cnc(N)nc3)c(F)c2)n1. The van der Waals surface area contributed by atoms with Gasteiger partial charge in [-0.2, -0.15) is 0 Å². The number of aromatic nitrogens is 4. The lowest BCUT2D eigenvalue weighted by Crippen LogP contribution is -2.03. The van der Waals surface area contributed by atoms with Gasteiger partial charge in [0.05, 0.1) is 4.90 Å². The second-order valence-electron chi connectivity index (χ2n) is 6.05. The summed E-state index contributed by atoms with van der Waals surface area (Å²) in [6.07, 6.45) is 4.36. The van der Waals surface area contributed by atoms with E-state index in [9.17, 15) is 8.60 Å². The number of anilines is 2. The maximum Gasteiger partial charge on any atom is 0.225 e. The van der Waals surface area contributed by atoms with Crippen LogP contribution in [0, 0.1) is 5.82 Å². The summed E-state index contributed by atoms with van der Waals surface area (Å²) in [4.78, 5) is 16.3. The Hall–Kier alpha value is -3.72. The number of nitrogens with two attached hydrogens (primary N) is 2. The molecule has 9 heteroatoms.